The minimum absolute atomic E-state index is 0.135. The van der Waals surface area contributed by atoms with E-state index in [9.17, 15) is 19.5 Å². The van der Waals surface area contributed by atoms with E-state index in [2.05, 4.69) is 10.3 Å². The van der Waals surface area contributed by atoms with Gasteiger partial charge in [-0.15, -0.1) is 0 Å². The normalized spacial score (nSPS) is 21.7. The van der Waals surface area contributed by atoms with Crippen molar-refractivity contribution in [2.24, 2.45) is 5.73 Å². The predicted octanol–water partition coefficient (Wildman–Crippen LogP) is -0.520. The van der Waals surface area contributed by atoms with Crippen LogP contribution in [-0.2, 0) is 14.3 Å². The fourth-order valence-electron chi connectivity index (χ4n) is 3.09. The molecule has 1 saturated heterocycles. The first-order valence-electron chi connectivity index (χ1n) is 9.80. The third-order valence-electron chi connectivity index (χ3n) is 4.69. The van der Waals surface area contributed by atoms with Crippen molar-refractivity contribution in [1.82, 2.24) is 14.9 Å². The molecule has 5 N–H and O–H groups in total. The molecule has 1 aromatic rings. The smallest absolute Gasteiger partial charge is 0.330 e. The minimum Gasteiger partial charge on any atom is -0.390 e. The van der Waals surface area contributed by atoms with E-state index in [0.717, 1.165) is 25.7 Å². The van der Waals surface area contributed by atoms with Gasteiger partial charge in [0.05, 0.1) is 18.3 Å². The summed E-state index contributed by atoms with van der Waals surface area (Å²) in [6, 6.07) is 0. The number of carbonyl (C=O) groups is 1. The number of H-pyrrole nitrogens is 1. The molecule has 1 unspecified atom stereocenters. The maximum atomic E-state index is 12.1. The molecule has 1 aromatic heterocycles. The second-order valence-electron chi connectivity index (χ2n) is 6.97. The number of carbonyl (C=O) groups excluding carboxylic acids is 1. The summed E-state index contributed by atoms with van der Waals surface area (Å²) in [6.07, 6.45) is 5.88. The molecular formula is C19H30N4O6. The van der Waals surface area contributed by atoms with Crippen LogP contribution >= 0.6 is 0 Å². The molecule has 0 aromatic carbocycles. The van der Waals surface area contributed by atoms with Gasteiger partial charge in [0.15, 0.2) is 0 Å². The molecular weight excluding hydrogens is 380 g/mol. The van der Waals surface area contributed by atoms with Crippen molar-refractivity contribution < 1.29 is 19.4 Å². The van der Waals surface area contributed by atoms with Crippen molar-refractivity contribution in [3.8, 4) is 0 Å². The van der Waals surface area contributed by atoms with Crippen LogP contribution in [0.15, 0.2) is 21.9 Å². The molecule has 162 valence electrons. The molecule has 0 bridgehead atoms. The molecule has 0 saturated carbocycles. The number of nitrogens with zero attached hydrogens (tertiary/aromatic N) is 1. The van der Waals surface area contributed by atoms with E-state index in [1.807, 2.05) is 0 Å². The Kier molecular flexibility index (Phi) is 9.26. The lowest BCUT2D eigenvalue weighted by Crippen LogP contribution is -2.33. The molecule has 10 heteroatoms. The van der Waals surface area contributed by atoms with Gasteiger partial charge in [-0.2, -0.15) is 0 Å². The molecule has 1 aliphatic rings. The van der Waals surface area contributed by atoms with Gasteiger partial charge in [-0.3, -0.25) is 19.1 Å². The Labute approximate surface area is 168 Å². The summed E-state index contributed by atoms with van der Waals surface area (Å²) >= 11 is 0. The first-order chi connectivity index (χ1) is 14.0. The Morgan fingerprint density at radius 3 is 2.90 bits per heavy atom. The van der Waals surface area contributed by atoms with Crippen molar-refractivity contribution in [2.75, 3.05) is 26.8 Å². The number of aliphatic hydroxyl groups excluding tert-OH is 1. The van der Waals surface area contributed by atoms with Crippen LogP contribution in [0.2, 0.25) is 0 Å². The van der Waals surface area contributed by atoms with E-state index in [0.29, 0.717) is 13.1 Å². The number of hydrogen-bond acceptors (Lipinski definition) is 7. The lowest BCUT2D eigenvalue weighted by molar-refractivity contribution is -0.116. The largest absolute Gasteiger partial charge is 0.390 e. The van der Waals surface area contributed by atoms with Crippen LogP contribution in [0.5, 0.6) is 0 Å². The topological polar surface area (TPSA) is 149 Å². The number of aromatic amines is 1. The SMILES string of the molecule is COC[C@H]1O[C@@H](n2cc(/C=C/C(=O)NCCCCCCN)c(=O)[nH]c2=O)CC1O. The molecule has 3 atom stereocenters. The highest BCUT2D eigenvalue weighted by molar-refractivity contribution is 5.91. The first kappa shape index (κ1) is 23.0. The van der Waals surface area contributed by atoms with E-state index in [1.165, 1.54) is 30.0 Å². The van der Waals surface area contributed by atoms with E-state index in [-0.39, 0.29) is 24.5 Å². The molecule has 1 aliphatic heterocycles. The molecule has 1 fully saturated rings. The number of nitrogens with two attached hydrogens (primary N) is 1. The van der Waals surface area contributed by atoms with Crippen molar-refractivity contribution in [3.63, 3.8) is 0 Å². The van der Waals surface area contributed by atoms with Gasteiger partial charge in [0.2, 0.25) is 5.91 Å². The van der Waals surface area contributed by atoms with Crippen LogP contribution in [0.25, 0.3) is 6.08 Å². The number of unbranched alkanes of at least 4 members (excludes halogenated alkanes) is 3. The Balaban J connectivity index is 1.98. The van der Waals surface area contributed by atoms with E-state index in [1.54, 1.807) is 0 Å². The maximum Gasteiger partial charge on any atom is 0.330 e. The van der Waals surface area contributed by atoms with Crippen LogP contribution in [0.4, 0.5) is 0 Å². The minimum atomic E-state index is -0.784. The van der Waals surface area contributed by atoms with Gasteiger partial charge in [0, 0.05) is 32.3 Å². The Hall–Kier alpha value is -2.27. The molecule has 2 heterocycles. The predicted molar refractivity (Wildman–Crippen MR) is 107 cm³/mol. The number of hydrogen-bond donors (Lipinski definition) is 4. The van der Waals surface area contributed by atoms with Gasteiger partial charge in [0.25, 0.3) is 5.56 Å². The average molecular weight is 410 g/mol. The van der Waals surface area contributed by atoms with E-state index >= 15 is 0 Å². The van der Waals surface area contributed by atoms with Gasteiger partial charge in [-0.05, 0) is 25.5 Å². The fourth-order valence-corrected chi connectivity index (χ4v) is 3.09. The van der Waals surface area contributed by atoms with E-state index < -0.39 is 29.7 Å². The highest BCUT2D eigenvalue weighted by Gasteiger charge is 2.35. The van der Waals surface area contributed by atoms with Gasteiger partial charge in [-0.1, -0.05) is 12.8 Å². The van der Waals surface area contributed by atoms with Gasteiger partial charge in [0.1, 0.15) is 12.3 Å². The Morgan fingerprint density at radius 1 is 1.41 bits per heavy atom. The maximum absolute atomic E-state index is 12.1. The zero-order valence-corrected chi connectivity index (χ0v) is 16.6. The quantitative estimate of drug-likeness (QED) is 0.283. The van der Waals surface area contributed by atoms with Crippen molar-refractivity contribution in [1.29, 1.82) is 0 Å². The van der Waals surface area contributed by atoms with Gasteiger partial charge >= 0.3 is 5.69 Å². The highest BCUT2D eigenvalue weighted by Crippen LogP contribution is 2.27. The standard InChI is InChI=1S/C19H30N4O6/c1-28-12-15-14(24)10-17(29-15)23-11-13(18(26)22-19(23)27)6-7-16(25)21-9-5-3-2-4-8-20/h6-7,11,14-15,17,24H,2-5,8-10,12,20H2,1H3,(H,21,25)(H,22,26,27)/b7-6+/t14?,15-,17-/m1/s1. The molecule has 0 spiro atoms. The highest BCUT2D eigenvalue weighted by atomic mass is 16.6. The number of rotatable bonds is 11. The van der Waals surface area contributed by atoms with Gasteiger partial charge < -0.3 is 25.6 Å². The summed E-state index contributed by atoms with van der Waals surface area (Å²) in [6.45, 7) is 1.40. The molecule has 2 rings (SSSR count). The zero-order chi connectivity index (χ0) is 21.2. The van der Waals surface area contributed by atoms with Crippen molar-refractivity contribution in [3.05, 3.63) is 38.7 Å². The van der Waals surface area contributed by atoms with Crippen molar-refractivity contribution in [2.45, 2.75) is 50.5 Å². The molecule has 0 aliphatic carbocycles. The number of amides is 1. The summed E-state index contributed by atoms with van der Waals surface area (Å²) in [7, 11) is 1.49. The lowest BCUT2D eigenvalue weighted by Gasteiger charge is -2.15. The van der Waals surface area contributed by atoms with Crippen LogP contribution in [-0.4, -0.2) is 59.6 Å². The van der Waals surface area contributed by atoms with Gasteiger partial charge in [-0.25, -0.2) is 4.79 Å². The number of ether oxygens (including phenoxy) is 2. The molecule has 1 amide bonds. The zero-order valence-electron chi connectivity index (χ0n) is 16.6. The molecule has 10 nitrogen and oxygen atoms in total. The number of aliphatic hydroxyl groups is 1. The summed E-state index contributed by atoms with van der Waals surface area (Å²) < 4.78 is 11.8. The number of nitrogens with one attached hydrogen (secondary N) is 2. The lowest BCUT2D eigenvalue weighted by atomic mass is 10.2. The second kappa shape index (κ2) is 11.7. The molecule has 0 radical (unpaired) electrons. The summed E-state index contributed by atoms with van der Waals surface area (Å²) in [5.74, 6) is -0.325. The Morgan fingerprint density at radius 2 is 2.17 bits per heavy atom. The summed E-state index contributed by atoms with van der Waals surface area (Å²) in [5, 5.41) is 12.8. The third-order valence-corrected chi connectivity index (χ3v) is 4.69. The van der Waals surface area contributed by atoms with Crippen molar-refractivity contribution >= 4 is 12.0 Å². The average Bonchev–Trinajstić information content (AvgIpc) is 3.04. The summed E-state index contributed by atoms with van der Waals surface area (Å²) in [5.41, 5.74) is 4.31. The van der Waals surface area contributed by atoms with Crippen LogP contribution < -0.4 is 22.3 Å². The number of aromatic nitrogens is 2. The monoisotopic (exact) mass is 410 g/mol. The Bertz CT molecular complexity index is 803. The summed E-state index contributed by atoms with van der Waals surface area (Å²) in [4.78, 5) is 38.3. The van der Waals surface area contributed by atoms with Crippen LogP contribution in [0.1, 0.15) is 43.9 Å². The first-order valence-corrected chi connectivity index (χ1v) is 9.80. The molecule has 29 heavy (non-hydrogen) atoms. The fraction of sp³-hybridized carbons (Fsp3) is 0.632. The number of methoxy groups -OCH3 is 1. The third kappa shape index (κ3) is 6.93. The van der Waals surface area contributed by atoms with E-state index in [4.69, 9.17) is 15.2 Å². The van der Waals surface area contributed by atoms with Crippen LogP contribution in [0, 0.1) is 0 Å². The van der Waals surface area contributed by atoms with Crippen LogP contribution in [0.3, 0.4) is 0 Å². The second-order valence-corrected chi connectivity index (χ2v) is 6.97.